The lowest BCUT2D eigenvalue weighted by atomic mass is 10.1. The van der Waals surface area contributed by atoms with Gasteiger partial charge in [0.25, 0.3) is 0 Å². The Labute approximate surface area is 97.7 Å². The number of diazo groups is 1. The molecule has 0 spiro atoms. The van der Waals surface area contributed by atoms with Crippen LogP contribution in [0.3, 0.4) is 0 Å². The molecule has 6 heteroatoms. The highest BCUT2D eigenvalue weighted by Gasteiger charge is 2.25. The van der Waals surface area contributed by atoms with Crippen molar-refractivity contribution in [2.45, 2.75) is 6.42 Å². The summed E-state index contributed by atoms with van der Waals surface area (Å²) < 4.78 is 15.5. The quantitative estimate of drug-likeness (QED) is 0.550. The van der Waals surface area contributed by atoms with Gasteiger partial charge in [-0.1, -0.05) is 0 Å². The van der Waals surface area contributed by atoms with Crippen molar-refractivity contribution < 1.29 is 19.0 Å². The van der Waals surface area contributed by atoms with Crippen molar-refractivity contribution in [1.29, 1.82) is 5.39 Å². The van der Waals surface area contributed by atoms with Crippen molar-refractivity contribution in [3.63, 3.8) is 0 Å². The smallest absolute Gasteiger partial charge is 0.389 e. The van der Waals surface area contributed by atoms with Crippen LogP contribution in [0.4, 0.5) is 5.69 Å². The largest absolute Gasteiger partial charge is 0.489 e. The van der Waals surface area contributed by atoms with Gasteiger partial charge in [0.15, 0.2) is 16.5 Å². The zero-order valence-corrected chi connectivity index (χ0v) is 9.30. The molecule has 0 atom stereocenters. The Morgan fingerprint density at radius 3 is 2.88 bits per heavy atom. The van der Waals surface area contributed by atoms with E-state index >= 15 is 0 Å². The highest BCUT2D eigenvalue weighted by molar-refractivity contribution is 5.95. The van der Waals surface area contributed by atoms with Crippen LogP contribution in [0.2, 0.25) is 0 Å². The van der Waals surface area contributed by atoms with Crippen LogP contribution in [0, 0.1) is 5.39 Å². The summed E-state index contributed by atoms with van der Waals surface area (Å²) in [5, 5.41) is 8.76. The molecule has 1 aliphatic heterocycles. The number of carbonyl (C=O) groups excluding carboxylic acids is 1. The Morgan fingerprint density at radius 2 is 2.18 bits per heavy atom. The number of carbonyl (C=O) groups is 1. The molecule has 0 fully saturated rings. The Bertz CT molecular complexity index is 493. The molecular weight excluding hydrogens is 224 g/mol. The molecule has 0 bridgehead atoms. The molecule has 0 amide bonds. The van der Waals surface area contributed by atoms with E-state index in [0.717, 1.165) is 6.42 Å². The first-order chi connectivity index (χ1) is 8.26. The third-order valence-electron chi connectivity index (χ3n) is 2.35. The average molecular weight is 235 g/mol. The predicted molar refractivity (Wildman–Crippen MR) is 58.1 cm³/mol. The zero-order valence-electron chi connectivity index (χ0n) is 9.30. The van der Waals surface area contributed by atoms with Crippen LogP contribution in [0.1, 0.15) is 16.8 Å². The normalized spacial score (nSPS) is 13.4. The van der Waals surface area contributed by atoms with Crippen LogP contribution in [0.15, 0.2) is 12.1 Å². The number of nitrogens with zero attached hydrogens (tertiary/aromatic N) is 2. The Kier molecular flexibility index (Phi) is 3.10. The molecule has 0 saturated carbocycles. The minimum Gasteiger partial charge on any atom is -0.489 e. The number of esters is 1. The number of hydrogen-bond donors (Lipinski definition) is 0. The number of hydrogen-bond acceptors (Lipinski definition) is 5. The van der Waals surface area contributed by atoms with E-state index in [1.807, 2.05) is 0 Å². The average Bonchev–Trinajstić information content (AvgIpc) is 2.61. The van der Waals surface area contributed by atoms with Crippen LogP contribution in [-0.4, -0.2) is 26.3 Å². The molecule has 0 unspecified atom stereocenters. The maximum Gasteiger partial charge on any atom is 0.389 e. The van der Waals surface area contributed by atoms with E-state index < -0.39 is 5.97 Å². The Morgan fingerprint density at radius 1 is 1.41 bits per heavy atom. The van der Waals surface area contributed by atoms with Crippen molar-refractivity contribution >= 4 is 11.7 Å². The molecule has 1 aliphatic rings. The van der Waals surface area contributed by atoms with Gasteiger partial charge in [0.05, 0.1) is 32.5 Å². The molecule has 1 aromatic rings. The highest BCUT2D eigenvalue weighted by Crippen LogP contribution is 2.37. The van der Waals surface area contributed by atoms with Crippen molar-refractivity contribution in [3.8, 4) is 11.5 Å². The molecular formula is C11H11N2O4+. The van der Waals surface area contributed by atoms with E-state index in [1.165, 1.54) is 19.2 Å². The van der Waals surface area contributed by atoms with E-state index in [1.54, 1.807) is 0 Å². The second kappa shape index (κ2) is 4.70. The van der Waals surface area contributed by atoms with Gasteiger partial charge >= 0.3 is 11.7 Å². The van der Waals surface area contributed by atoms with Crippen LogP contribution in [0.5, 0.6) is 11.5 Å². The molecule has 6 nitrogen and oxygen atoms in total. The lowest BCUT2D eigenvalue weighted by Crippen LogP contribution is -2.05. The van der Waals surface area contributed by atoms with Crippen LogP contribution >= 0.6 is 0 Å². The molecule has 17 heavy (non-hydrogen) atoms. The second-order valence-electron chi connectivity index (χ2n) is 3.46. The zero-order chi connectivity index (χ0) is 12.3. The number of fused-ring (bicyclic) bond motifs is 1. The van der Waals surface area contributed by atoms with E-state index in [-0.39, 0.29) is 11.3 Å². The number of ether oxygens (including phenoxy) is 3. The first-order valence-electron chi connectivity index (χ1n) is 5.13. The molecule has 0 saturated heterocycles. The maximum absolute atomic E-state index is 11.6. The minimum atomic E-state index is -0.558. The first-order valence-corrected chi connectivity index (χ1v) is 5.13. The van der Waals surface area contributed by atoms with E-state index in [4.69, 9.17) is 14.9 Å². The third kappa shape index (κ3) is 2.13. The molecule has 1 aromatic carbocycles. The fourth-order valence-electron chi connectivity index (χ4n) is 1.58. The fourth-order valence-corrected chi connectivity index (χ4v) is 1.58. The topological polar surface area (TPSA) is 72.9 Å². The Hall–Kier alpha value is -2.29. The summed E-state index contributed by atoms with van der Waals surface area (Å²) in [7, 11) is 1.27. The summed E-state index contributed by atoms with van der Waals surface area (Å²) in [6, 6.07) is 2.90. The summed E-state index contributed by atoms with van der Waals surface area (Å²) in [6.07, 6.45) is 0.723. The molecule has 0 aliphatic carbocycles. The molecule has 88 valence electrons. The van der Waals surface area contributed by atoms with Crippen molar-refractivity contribution in [1.82, 2.24) is 0 Å². The van der Waals surface area contributed by atoms with E-state index in [0.29, 0.717) is 24.7 Å². The van der Waals surface area contributed by atoms with Crippen molar-refractivity contribution in [3.05, 3.63) is 22.7 Å². The van der Waals surface area contributed by atoms with Crippen LogP contribution < -0.4 is 9.47 Å². The van der Waals surface area contributed by atoms with Crippen LogP contribution in [-0.2, 0) is 4.74 Å². The number of benzene rings is 1. The highest BCUT2D eigenvalue weighted by atomic mass is 16.5. The van der Waals surface area contributed by atoms with Crippen molar-refractivity contribution in [2.24, 2.45) is 0 Å². The van der Waals surface area contributed by atoms with Gasteiger partial charge in [0.1, 0.15) is 5.56 Å². The Balaban J connectivity index is 2.56. The second-order valence-corrected chi connectivity index (χ2v) is 3.46. The van der Waals surface area contributed by atoms with E-state index in [2.05, 4.69) is 9.71 Å². The van der Waals surface area contributed by atoms with Gasteiger partial charge in [-0.05, 0) is 0 Å². The molecule has 0 N–H and O–H groups in total. The number of methoxy groups -OCH3 is 1. The molecule has 2 rings (SSSR count). The lowest BCUT2D eigenvalue weighted by molar-refractivity contribution is 0.0596. The van der Waals surface area contributed by atoms with Crippen LogP contribution in [0.25, 0.3) is 4.98 Å². The summed E-state index contributed by atoms with van der Waals surface area (Å²) in [6.45, 7) is 0.953. The van der Waals surface area contributed by atoms with Gasteiger partial charge in [0, 0.05) is 6.42 Å². The van der Waals surface area contributed by atoms with Gasteiger partial charge in [-0.3, -0.25) is 0 Å². The summed E-state index contributed by atoms with van der Waals surface area (Å²) in [5.41, 5.74) is 0.411. The van der Waals surface area contributed by atoms with Gasteiger partial charge < -0.3 is 14.2 Å². The number of rotatable bonds is 1. The predicted octanol–water partition coefficient (Wildman–Crippen LogP) is 2.12. The van der Waals surface area contributed by atoms with Gasteiger partial charge in [-0.25, -0.2) is 4.79 Å². The summed E-state index contributed by atoms with van der Waals surface area (Å²) in [5.74, 6) is 0.164. The minimum absolute atomic E-state index is 0.194. The fraction of sp³-hybridized carbons (Fsp3) is 0.364. The standard InChI is InChI=1S/C11H11N2O4/c1-15-11(14)8-5-7(13-12)6-9-10(8)17-4-2-3-16-9/h5-6H,2-4H2,1H3/q+1. The van der Waals surface area contributed by atoms with Gasteiger partial charge in [-0.15, -0.1) is 0 Å². The third-order valence-corrected chi connectivity index (χ3v) is 2.35. The first kappa shape index (κ1) is 11.2. The van der Waals surface area contributed by atoms with E-state index in [9.17, 15) is 4.79 Å². The monoisotopic (exact) mass is 235 g/mol. The summed E-state index contributed by atoms with van der Waals surface area (Å²) in [4.78, 5) is 14.6. The molecule has 1 heterocycles. The molecule has 0 radical (unpaired) electrons. The van der Waals surface area contributed by atoms with Gasteiger partial charge in [0.2, 0.25) is 5.39 Å². The van der Waals surface area contributed by atoms with Crippen molar-refractivity contribution in [2.75, 3.05) is 20.3 Å². The lowest BCUT2D eigenvalue weighted by Gasteiger charge is -2.09. The maximum atomic E-state index is 11.6. The summed E-state index contributed by atoms with van der Waals surface area (Å²) >= 11 is 0. The SMILES string of the molecule is COC(=O)c1cc([N+]#N)cc2c1OCCCO2. The molecule has 0 aromatic heterocycles. The van der Waals surface area contributed by atoms with Gasteiger partial charge in [-0.2, -0.15) is 0 Å².